The predicted molar refractivity (Wildman–Crippen MR) is 76.6 cm³/mol. The minimum Gasteiger partial charge on any atom is -0.380 e. The molecule has 0 amide bonds. The molecule has 0 aliphatic carbocycles. The van der Waals surface area contributed by atoms with Crippen LogP contribution in [-0.2, 0) is 11.3 Å². The van der Waals surface area contributed by atoms with Gasteiger partial charge in [-0.2, -0.15) is 4.98 Å². The molecular formula is C14H17FN4O. The van der Waals surface area contributed by atoms with Crippen LogP contribution in [0.5, 0.6) is 0 Å². The quantitative estimate of drug-likeness (QED) is 0.849. The molecule has 6 heteroatoms. The van der Waals surface area contributed by atoms with Crippen molar-refractivity contribution < 1.29 is 9.13 Å². The predicted octanol–water partition coefficient (Wildman–Crippen LogP) is 2.94. The zero-order valence-electron chi connectivity index (χ0n) is 11.5. The van der Waals surface area contributed by atoms with Crippen molar-refractivity contribution in [3.63, 3.8) is 0 Å². The van der Waals surface area contributed by atoms with E-state index >= 15 is 0 Å². The summed E-state index contributed by atoms with van der Waals surface area (Å²) in [6.45, 7) is 3.10. The number of hydrogen-bond acceptors (Lipinski definition) is 5. The summed E-state index contributed by atoms with van der Waals surface area (Å²) < 4.78 is 18.8. The maximum Gasteiger partial charge on any atom is 0.224 e. The zero-order valence-corrected chi connectivity index (χ0v) is 11.5. The molecule has 0 aliphatic rings. The van der Waals surface area contributed by atoms with Gasteiger partial charge in [-0.05, 0) is 24.6 Å². The number of ether oxygens (including phenoxy) is 1. The summed E-state index contributed by atoms with van der Waals surface area (Å²) in [5, 5.41) is 5.89. The minimum absolute atomic E-state index is 0.144. The fourth-order valence-electron chi connectivity index (χ4n) is 1.74. The monoisotopic (exact) mass is 276 g/mol. The van der Waals surface area contributed by atoms with Crippen LogP contribution in [0.1, 0.15) is 12.5 Å². The van der Waals surface area contributed by atoms with Gasteiger partial charge >= 0.3 is 0 Å². The first kappa shape index (κ1) is 14.2. The van der Waals surface area contributed by atoms with Gasteiger partial charge in [0.25, 0.3) is 0 Å². The lowest BCUT2D eigenvalue weighted by molar-refractivity contribution is 0.185. The van der Waals surface area contributed by atoms with Crippen LogP contribution in [-0.4, -0.2) is 23.6 Å². The van der Waals surface area contributed by atoms with Crippen molar-refractivity contribution in [2.24, 2.45) is 0 Å². The highest BCUT2D eigenvalue weighted by Gasteiger charge is 2.07. The zero-order chi connectivity index (χ0) is 14.4. The lowest BCUT2D eigenvalue weighted by Gasteiger charge is -2.09. The first-order valence-electron chi connectivity index (χ1n) is 6.34. The lowest BCUT2D eigenvalue weighted by atomic mass is 10.2. The minimum atomic E-state index is -0.496. The molecule has 2 aromatic rings. The van der Waals surface area contributed by atoms with Gasteiger partial charge in [-0.25, -0.2) is 9.37 Å². The Balaban J connectivity index is 2.20. The topological polar surface area (TPSA) is 59.1 Å². The second kappa shape index (κ2) is 6.81. The standard InChI is InChI=1S/C14H17FN4O/c1-3-16-14-17-8-12(15)13(19-14)18-11-6-4-5-10(7-11)9-20-2/h4-8H,3,9H2,1-2H3,(H2,16,17,18,19). The summed E-state index contributed by atoms with van der Waals surface area (Å²) in [7, 11) is 1.63. The van der Waals surface area contributed by atoms with Gasteiger partial charge in [-0.3, -0.25) is 0 Å². The summed E-state index contributed by atoms with van der Waals surface area (Å²) in [5.74, 6) is 0.0405. The average molecular weight is 276 g/mol. The van der Waals surface area contributed by atoms with Crippen LogP contribution in [0.4, 0.5) is 21.8 Å². The van der Waals surface area contributed by atoms with Gasteiger partial charge < -0.3 is 15.4 Å². The first-order valence-corrected chi connectivity index (χ1v) is 6.34. The Labute approximate surface area is 117 Å². The van der Waals surface area contributed by atoms with Crippen molar-refractivity contribution in [3.05, 3.63) is 41.8 Å². The molecule has 1 aromatic carbocycles. The van der Waals surface area contributed by atoms with Crippen LogP contribution >= 0.6 is 0 Å². The number of aromatic nitrogens is 2. The van der Waals surface area contributed by atoms with E-state index < -0.39 is 5.82 Å². The van der Waals surface area contributed by atoms with E-state index in [2.05, 4.69) is 20.6 Å². The third-order valence-corrected chi connectivity index (χ3v) is 2.58. The Hall–Kier alpha value is -2.21. The van der Waals surface area contributed by atoms with E-state index in [4.69, 9.17) is 4.74 Å². The summed E-state index contributed by atoms with van der Waals surface area (Å²) in [6, 6.07) is 7.54. The van der Waals surface area contributed by atoms with E-state index in [0.717, 1.165) is 17.4 Å². The smallest absolute Gasteiger partial charge is 0.224 e. The van der Waals surface area contributed by atoms with Crippen molar-refractivity contribution in [1.29, 1.82) is 0 Å². The van der Waals surface area contributed by atoms with Crippen molar-refractivity contribution in [2.75, 3.05) is 24.3 Å². The van der Waals surface area contributed by atoms with Gasteiger partial charge in [-0.15, -0.1) is 0 Å². The maximum atomic E-state index is 13.7. The summed E-state index contributed by atoms with van der Waals surface area (Å²) in [4.78, 5) is 7.95. The molecule has 106 valence electrons. The van der Waals surface area contributed by atoms with E-state index in [1.807, 2.05) is 31.2 Å². The molecule has 0 fully saturated rings. The number of benzene rings is 1. The Morgan fingerprint density at radius 1 is 1.35 bits per heavy atom. The van der Waals surface area contributed by atoms with Crippen LogP contribution in [0, 0.1) is 5.82 Å². The Morgan fingerprint density at radius 2 is 2.20 bits per heavy atom. The normalized spacial score (nSPS) is 10.3. The number of methoxy groups -OCH3 is 1. The first-order chi connectivity index (χ1) is 9.72. The molecule has 1 heterocycles. The molecule has 0 unspecified atom stereocenters. The van der Waals surface area contributed by atoms with E-state index in [1.54, 1.807) is 7.11 Å². The molecule has 2 rings (SSSR count). The molecule has 2 N–H and O–H groups in total. The highest BCUT2D eigenvalue weighted by molar-refractivity contribution is 5.58. The van der Waals surface area contributed by atoms with Crippen molar-refractivity contribution in [2.45, 2.75) is 13.5 Å². The number of nitrogens with one attached hydrogen (secondary N) is 2. The number of rotatable bonds is 6. The van der Waals surface area contributed by atoms with E-state index in [1.165, 1.54) is 0 Å². The molecule has 5 nitrogen and oxygen atoms in total. The van der Waals surface area contributed by atoms with Crippen LogP contribution in [0.3, 0.4) is 0 Å². The van der Waals surface area contributed by atoms with Gasteiger partial charge in [0.15, 0.2) is 11.6 Å². The molecule has 1 aromatic heterocycles. The third-order valence-electron chi connectivity index (χ3n) is 2.58. The number of anilines is 3. The Bertz CT molecular complexity index is 577. The van der Waals surface area contributed by atoms with Crippen molar-refractivity contribution >= 4 is 17.5 Å². The fourth-order valence-corrected chi connectivity index (χ4v) is 1.74. The van der Waals surface area contributed by atoms with Crippen molar-refractivity contribution in [3.8, 4) is 0 Å². The van der Waals surface area contributed by atoms with Crippen molar-refractivity contribution in [1.82, 2.24) is 9.97 Å². The van der Waals surface area contributed by atoms with Crippen LogP contribution in [0.25, 0.3) is 0 Å². The van der Waals surface area contributed by atoms with Crippen LogP contribution in [0.15, 0.2) is 30.5 Å². The van der Waals surface area contributed by atoms with Crippen LogP contribution < -0.4 is 10.6 Å². The fraction of sp³-hybridized carbons (Fsp3) is 0.286. The SMILES string of the molecule is CCNc1ncc(F)c(Nc2cccc(COC)c2)n1. The lowest BCUT2D eigenvalue weighted by Crippen LogP contribution is -2.06. The van der Waals surface area contributed by atoms with E-state index in [-0.39, 0.29) is 5.82 Å². The summed E-state index contributed by atoms with van der Waals surface area (Å²) >= 11 is 0. The molecule has 0 atom stereocenters. The molecule has 0 radical (unpaired) electrons. The molecule has 0 spiro atoms. The summed E-state index contributed by atoms with van der Waals surface area (Å²) in [5.41, 5.74) is 1.75. The van der Waals surface area contributed by atoms with Gasteiger partial charge in [0.1, 0.15) is 0 Å². The molecule has 0 saturated carbocycles. The largest absolute Gasteiger partial charge is 0.380 e. The van der Waals surface area contributed by atoms with Gasteiger partial charge in [0, 0.05) is 19.3 Å². The number of hydrogen-bond donors (Lipinski definition) is 2. The Morgan fingerprint density at radius 3 is 2.95 bits per heavy atom. The third kappa shape index (κ3) is 3.64. The Kier molecular flexibility index (Phi) is 4.84. The maximum absolute atomic E-state index is 13.7. The van der Waals surface area contributed by atoms with E-state index in [0.29, 0.717) is 19.1 Å². The number of halogens is 1. The summed E-state index contributed by atoms with van der Waals surface area (Å²) in [6.07, 6.45) is 1.15. The number of nitrogens with zero attached hydrogens (tertiary/aromatic N) is 2. The molecule has 0 bridgehead atoms. The molecular weight excluding hydrogens is 259 g/mol. The van der Waals surface area contributed by atoms with E-state index in [9.17, 15) is 4.39 Å². The second-order valence-electron chi connectivity index (χ2n) is 4.18. The molecule has 20 heavy (non-hydrogen) atoms. The highest BCUT2D eigenvalue weighted by atomic mass is 19.1. The van der Waals surface area contributed by atoms with Gasteiger partial charge in [-0.1, -0.05) is 12.1 Å². The molecule has 0 aliphatic heterocycles. The van der Waals surface area contributed by atoms with Crippen LogP contribution in [0.2, 0.25) is 0 Å². The second-order valence-corrected chi connectivity index (χ2v) is 4.18. The molecule has 0 saturated heterocycles. The average Bonchev–Trinajstić information content (AvgIpc) is 2.44. The van der Waals surface area contributed by atoms with Gasteiger partial charge in [0.2, 0.25) is 5.95 Å². The van der Waals surface area contributed by atoms with Gasteiger partial charge in [0.05, 0.1) is 12.8 Å². The highest BCUT2D eigenvalue weighted by Crippen LogP contribution is 2.19.